The van der Waals surface area contributed by atoms with E-state index in [4.69, 9.17) is 16.3 Å². The maximum absolute atomic E-state index is 12.6. The van der Waals surface area contributed by atoms with Gasteiger partial charge in [0.25, 0.3) is 11.7 Å². The van der Waals surface area contributed by atoms with Crippen molar-refractivity contribution in [1.82, 2.24) is 4.98 Å². The van der Waals surface area contributed by atoms with Gasteiger partial charge in [-0.1, -0.05) is 18.5 Å². The third kappa shape index (κ3) is 3.36. The number of Topliss-reactive ketones (excluding diaryl/α,β-unsaturated/α-hetero) is 1. The van der Waals surface area contributed by atoms with E-state index in [1.165, 1.54) is 12.1 Å². The van der Waals surface area contributed by atoms with Gasteiger partial charge in [-0.25, -0.2) is 0 Å². The second-order valence-corrected chi connectivity index (χ2v) is 6.05. The first-order valence-electron chi connectivity index (χ1n) is 7.83. The molecule has 0 N–H and O–H groups in total. The zero-order chi connectivity index (χ0) is 18.8. The summed E-state index contributed by atoms with van der Waals surface area (Å²) in [6.07, 6.45) is -0.385. The molecule has 0 spiro atoms. The Morgan fingerprint density at radius 3 is 2.62 bits per heavy atom. The highest BCUT2D eigenvalue weighted by Gasteiger charge is 2.39. The van der Waals surface area contributed by atoms with E-state index < -0.39 is 22.8 Å². The second kappa shape index (κ2) is 7.09. The number of halogens is 1. The lowest BCUT2D eigenvalue weighted by atomic mass is 10.1. The maximum Gasteiger partial charge on any atom is 0.366 e. The summed E-state index contributed by atoms with van der Waals surface area (Å²) in [5.74, 6) is -1.04. The van der Waals surface area contributed by atoms with E-state index in [1.54, 1.807) is 31.2 Å². The number of amides is 1. The summed E-state index contributed by atoms with van der Waals surface area (Å²) in [6.45, 7) is 1.47. The average molecular weight is 376 g/mol. The lowest BCUT2D eigenvalue weighted by Crippen LogP contribution is -2.48. The van der Waals surface area contributed by atoms with Crippen molar-refractivity contribution in [2.24, 2.45) is 0 Å². The molecule has 0 fully saturated rings. The van der Waals surface area contributed by atoms with Crippen LogP contribution in [0, 0.1) is 10.1 Å². The van der Waals surface area contributed by atoms with Crippen LogP contribution < -0.4 is 9.64 Å². The topological polar surface area (TPSA) is 103 Å². The van der Waals surface area contributed by atoms with Crippen LogP contribution in [0.25, 0.3) is 0 Å². The highest BCUT2D eigenvalue weighted by molar-refractivity contribution is 6.30. The molecule has 1 aromatic heterocycles. The number of carbonyl (C=O) groups excluding carboxylic acids is 2. The van der Waals surface area contributed by atoms with Gasteiger partial charge in [-0.3, -0.25) is 14.5 Å². The van der Waals surface area contributed by atoms with Gasteiger partial charge in [-0.2, -0.15) is 0 Å². The van der Waals surface area contributed by atoms with Gasteiger partial charge in [0.2, 0.25) is 0 Å². The van der Waals surface area contributed by atoms with Crippen molar-refractivity contribution in [3.8, 4) is 5.75 Å². The first-order valence-corrected chi connectivity index (χ1v) is 8.20. The molecular formula is C17H14ClN3O5. The van der Waals surface area contributed by atoms with Crippen molar-refractivity contribution in [1.29, 1.82) is 0 Å². The Morgan fingerprint density at radius 1 is 1.31 bits per heavy atom. The van der Waals surface area contributed by atoms with Gasteiger partial charge in [0.05, 0.1) is 6.54 Å². The van der Waals surface area contributed by atoms with E-state index >= 15 is 0 Å². The molecule has 1 unspecified atom stereocenters. The van der Waals surface area contributed by atoms with E-state index in [-0.39, 0.29) is 23.9 Å². The Hall–Kier alpha value is -3.00. The van der Waals surface area contributed by atoms with Crippen molar-refractivity contribution in [3.63, 3.8) is 0 Å². The van der Waals surface area contributed by atoms with Gasteiger partial charge in [-0.05, 0) is 46.7 Å². The van der Waals surface area contributed by atoms with Crippen LogP contribution in [-0.4, -0.2) is 34.2 Å². The van der Waals surface area contributed by atoms with E-state index in [1.807, 2.05) is 0 Å². The molecule has 3 rings (SSSR count). The Balaban J connectivity index is 1.97. The molecule has 1 aliphatic heterocycles. The minimum atomic E-state index is -0.774. The zero-order valence-corrected chi connectivity index (χ0v) is 14.5. The molecular weight excluding hydrogens is 362 g/mol. The predicted molar refractivity (Wildman–Crippen MR) is 93.7 cm³/mol. The third-order valence-electron chi connectivity index (χ3n) is 3.92. The smallest absolute Gasteiger partial charge is 0.366 e. The molecule has 0 bridgehead atoms. The molecule has 0 saturated heterocycles. The largest absolute Gasteiger partial charge is 0.474 e. The number of carbonyl (C=O) groups is 2. The Kier molecular flexibility index (Phi) is 4.85. The normalized spacial score (nSPS) is 16.0. The van der Waals surface area contributed by atoms with Crippen LogP contribution in [-0.2, 0) is 4.79 Å². The monoisotopic (exact) mass is 375 g/mol. The number of ether oxygens (including phenoxy) is 1. The first-order chi connectivity index (χ1) is 12.4. The maximum atomic E-state index is 12.6. The highest BCUT2D eigenvalue weighted by Crippen LogP contribution is 2.34. The molecule has 2 heterocycles. The molecule has 1 amide bonds. The Morgan fingerprint density at radius 2 is 2.00 bits per heavy atom. The Bertz CT molecular complexity index is 884. The molecule has 0 saturated carbocycles. The minimum absolute atomic E-state index is 0.0313. The van der Waals surface area contributed by atoms with Gasteiger partial charge >= 0.3 is 5.82 Å². The van der Waals surface area contributed by atoms with Crippen LogP contribution in [0.3, 0.4) is 0 Å². The number of nitro groups is 1. The van der Waals surface area contributed by atoms with Crippen molar-refractivity contribution in [2.45, 2.75) is 19.4 Å². The number of pyridine rings is 1. The standard InChI is InChI=1S/C17H14ClN3O5/c1-2-13-17(23)20(9-12(22)10-3-5-11(18)6-4-10)16-14(26-13)7-8-15(19-16)21(24)25/h3-8,13H,2,9H2,1H3. The quantitative estimate of drug-likeness (QED) is 0.452. The molecule has 0 radical (unpaired) electrons. The molecule has 1 aliphatic rings. The first kappa shape index (κ1) is 17.8. The van der Waals surface area contributed by atoms with Crippen molar-refractivity contribution in [3.05, 3.63) is 57.1 Å². The van der Waals surface area contributed by atoms with Crippen molar-refractivity contribution in [2.75, 3.05) is 11.4 Å². The van der Waals surface area contributed by atoms with E-state index in [2.05, 4.69) is 4.98 Å². The summed E-state index contributed by atoms with van der Waals surface area (Å²) < 4.78 is 5.56. The van der Waals surface area contributed by atoms with Crippen LogP contribution in [0.5, 0.6) is 5.75 Å². The molecule has 1 aromatic carbocycles. The number of hydrogen-bond donors (Lipinski definition) is 0. The van der Waals surface area contributed by atoms with Crippen LogP contribution in [0.2, 0.25) is 5.02 Å². The second-order valence-electron chi connectivity index (χ2n) is 5.62. The number of hydrogen-bond acceptors (Lipinski definition) is 6. The molecule has 26 heavy (non-hydrogen) atoms. The highest BCUT2D eigenvalue weighted by atomic mass is 35.5. The Labute approximate surface area is 153 Å². The fourth-order valence-electron chi connectivity index (χ4n) is 2.58. The molecule has 1 atom stereocenters. The molecule has 134 valence electrons. The molecule has 2 aromatic rings. The summed E-state index contributed by atoms with van der Waals surface area (Å²) in [5.41, 5.74) is 0.369. The van der Waals surface area contributed by atoms with Crippen LogP contribution >= 0.6 is 11.6 Å². The SMILES string of the molecule is CCC1Oc2ccc([N+](=O)[O-])nc2N(CC(=O)c2ccc(Cl)cc2)C1=O. The van der Waals surface area contributed by atoms with Crippen molar-refractivity contribution < 1.29 is 19.2 Å². The fraction of sp³-hybridized carbons (Fsp3) is 0.235. The number of rotatable bonds is 5. The van der Waals surface area contributed by atoms with Gasteiger partial charge < -0.3 is 14.9 Å². The summed E-state index contributed by atoms with van der Waals surface area (Å²) in [5, 5.41) is 11.5. The van der Waals surface area contributed by atoms with Gasteiger partial charge in [0.1, 0.15) is 0 Å². The number of nitrogens with zero attached hydrogens (tertiary/aromatic N) is 3. The van der Waals surface area contributed by atoms with E-state index in [9.17, 15) is 19.7 Å². The summed E-state index contributed by atoms with van der Waals surface area (Å²) in [7, 11) is 0. The van der Waals surface area contributed by atoms with E-state index in [0.29, 0.717) is 17.0 Å². The van der Waals surface area contributed by atoms with E-state index in [0.717, 1.165) is 4.90 Å². The molecule has 8 nitrogen and oxygen atoms in total. The van der Waals surface area contributed by atoms with Crippen molar-refractivity contribution >= 4 is 34.9 Å². The number of anilines is 1. The number of ketones is 1. The minimum Gasteiger partial charge on any atom is -0.474 e. The van der Waals surface area contributed by atoms with Crippen LogP contribution in [0.4, 0.5) is 11.6 Å². The number of benzene rings is 1. The number of aromatic nitrogens is 1. The summed E-state index contributed by atoms with van der Waals surface area (Å²) in [6, 6.07) is 8.82. The summed E-state index contributed by atoms with van der Waals surface area (Å²) >= 11 is 5.82. The average Bonchev–Trinajstić information content (AvgIpc) is 2.63. The van der Waals surface area contributed by atoms with Crippen LogP contribution in [0.1, 0.15) is 23.7 Å². The molecule has 0 aliphatic carbocycles. The zero-order valence-electron chi connectivity index (χ0n) is 13.7. The van der Waals surface area contributed by atoms with Gasteiger partial charge in [-0.15, -0.1) is 0 Å². The van der Waals surface area contributed by atoms with Crippen LogP contribution in [0.15, 0.2) is 36.4 Å². The fourth-order valence-corrected chi connectivity index (χ4v) is 2.70. The summed E-state index contributed by atoms with van der Waals surface area (Å²) in [4.78, 5) is 40.5. The lowest BCUT2D eigenvalue weighted by molar-refractivity contribution is -0.389. The lowest BCUT2D eigenvalue weighted by Gasteiger charge is -2.30. The van der Waals surface area contributed by atoms with Gasteiger partial charge in [0.15, 0.2) is 17.6 Å². The molecule has 9 heteroatoms. The number of fused-ring (bicyclic) bond motifs is 1. The predicted octanol–water partition coefficient (Wildman–Crippen LogP) is 3.03. The van der Waals surface area contributed by atoms with Gasteiger partial charge in [0, 0.05) is 16.7 Å². The third-order valence-corrected chi connectivity index (χ3v) is 4.17.